The average molecular weight is 511 g/mol. The van der Waals surface area contributed by atoms with Crippen molar-refractivity contribution in [3.05, 3.63) is 59.2 Å². The van der Waals surface area contributed by atoms with Crippen molar-refractivity contribution in [2.24, 2.45) is 0 Å². The van der Waals surface area contributed by atoms with Crippen molar-refractivity contribution in [2.45, 2.75) is 31.9 Å². The Morgan fingerprint density at radius 2 is 2.00 bits per heavy atom. The SMILES string of the molecule is CCOc1cncc(-c2ccc(C(=O)NCCCCc3cccc(NS(=O)(=O)C(F)F)c3)s2)n1. The summed E-state index contributed by atoms with van der Waals surface area (Å²) in [4.78, 5) is 22.3. The number of rotatable bonds is 12. The van der Waals surface area contributed by atoms with E-state index < -0.39 is 15.8 Å². The van der Waals surface area contributed by atoms with Crippen molar-refractivity contribution in [1.82, 2.24) is 15.3 Å². The van der Waals surface area contributed by atoms with Crippen LogP contribution in [0.5, 0.6) is 5.88 Å². The van der Waals surface area contributed by atoms with Gasteiger partial charge in [-0.25, -0.2) is 13.4 Å². The Bertz CT molecular complexity index is 1220. The van der Waals surface area contributed by atoms with Gasteiger partial charge in [-0.05, 0) is 56.0 Å². The molecule has 8 nitrogen and oxygen atoms in total. The lowest BCUT2D eigenvalue weighted by molar-refractivity contribution is 0.0957. The van der Waals surface area contributed by atoms with Crippen molar-refractivity contribution in [3.63, 3.8) is 0 Å². The van der Waals surface area contributed by atoms with E-state index in [0.717, 1.165) is 16.9 Å². The molecule has 0 saturated heterocycles. The number of hydrogen-bond donors (Lipinski definition) is 2. The fourth-order valence-electron chi connectivity index (χ4n) is 3.02. The van der Waals surface area contributed by atoms with Gasteiger partial charge in [-0.1, -0.05) is 12.1 Å². The summed E-state index contributed by atoms with van der Waals surface area (Å²) in [6, 6.07) is 9.87. The van der Waals surface area contributed by atoms with Crippen LogP contribution in [0.25, 0.3) is 10.6 Å². The summed E-state index contributed by atoms with van der Waals surface area (Å²) in [5.74, 6) is -3.25. The number of benzene rings is 1. The third-order valence-corrected chi connectivity index (χ3v) is 6.68. The lowest BCUT2D eigenvalue weighted by atomic mass is 10.1. The Kier molecular flexibility index (Phi) is 8.88. The van der Waals surface area contributed by atoms with Gasteiger partial charge in [-0.15, -0.1) is 11.3 Å². The number of amides is 1. The molecule has 0 aliphatic heterocycles. The highest BCUT2D eigenvalue weighted by atomic mass is 32.2. The zero-order valence-corrected chi connectivity index (χ0v) is 20.0. The van der Waals surface area contributed by atoms with Crippen LogP contribution in [0.3, 0.4) is 0 Å². The van der Waals surface area contributed by atoms with E-state index in [9.17, 15) is 22.0 Å². The van der Waals surface area contributed by atoms with E-state index in [1.807, 2.05) is 17.7 Å². The van der Waals surface area contributed by atoms with Crippen LogP contribution in [0.1, 0.15) is 35.0 Å². The maximum atomic E-state index is 12.5. The fourth-order valence-corrected chi connectivity index (χ4v) is 4.45. The lowest BCUT2D eigenvalue weighted by Crippen LogP contribution is -2.23. The van der Waals surface area contributed by atoms with Gasteiger partial charge in [-0.3, -0.25) is 14.5 Å². The smallest absolute Gasteiger partial charge is 0.355 e. The summed E-state index contributed by atoms with van der Waals surface area (Å²) < 4.78 is 54.9. The van der Waals surface area contributed by atoms with Crippen LogP contribution in [-0.4, -0.2) is 43.2 Å². The van der Waals surface area contributed by atoms with E-state index in [-0.39, 0.29) is 11.6 Å². The van der Waals surface area contributed by atoms with Crippen molar-refractivity contribution in [1.29, 1.82) is 0 Å². The van der Waals surface area contributed by atoms with Gasteiger partial charge in [0.25, 0.3) is 15.9 Å². The zero-order chi connectivity index (χ0) is 24.6. The van der Waals surface area contributed by atoms with Crippen LogP contribution in [-0.2, 0) is 16.4 Å². The van der Waals surface area contributed by atoms with Gasteiger partial charge < -0.3 is 10.1 Å². The normalized spacial score (nSPS) is 11.4. The molecule has 0 aliphatic carbocycles. The second kappa shape index (κ2) is 11.8. The van der Waals surface area contributed by atoms with E-state index in [1.54, 1.807) is 24.4 Å². The number of thiophene rings is 1. The van der Waals surface area contributed by atoms with E-state index in [2.05, 4.69) is 15.3 Å². The molecule has 0 unspecified atom stereocenters. The van der Waals surface area contributed by atoms with Crippen LogP contribution < -0.4 is 14.8 Å². The monoisotopic (exact) mass is 510 g/mol. The number of ether oxygens (including phenoxy) is 1. The molecule has 34 heavy (non-hydrogen) atoms. The van der Waals surface area contributed by atoms with Gasteiger partial charge in [0, 0.05) is 12.2 Å². The van der Waals surface area contributed by atoms with Crippen LogP contribution >= 0.6 is 11.3 Å². The molecule has 2 N–H and O–H groups in total. The molecular formula is C22H24F2N4O4S2. The highest BCUT2D eigenvalue weighted by molar-refractivity contribution is 7.93. The number of aryl methyl sites for hydroxylation is 1. The number of carbonyl (C=O) groups excluding carboxylic acids is 1. The predicted octanol–water partition coefficient (Wildman–Crippen LogP) is 4.32. The number of alkyl halides is 2. The van der Waals surface area contributed by atoms with Crippen molar-refractivity contribution in [3.8, 4) is 16.5 Å². The van der Waals surface area contributed by atoms with Gasteiger partial charge >= 0.3 is 5.76 Å². The molecule has 0 saturated carbocycles. The number of carbonyl (C=O) groups is 1. The predicted molar refractivity (Wildman–Crippen MR) is 127 cm³/mol. The number of nitrogens with one attached hydrogen (secondary N) is 2. The molecule has 0 radical (unpaired) electrons. The Morgan fingerprint density at radius 1 is 1.18 bits per heavy atom. The Hall–Kier alpha value is -3.12. The fraction of sp³-hybridized carbons (Fsp3) is 0.318. The van der Waals surface area contributed by atoms with Crippen LogP contribution in [0, 0.1) is 0 Å². The Balaban J connectivity index is 1.45. The van der Waals surface area contributed by atoms with Crippen LogP contribution in [0.4, 0.5) is 14.5 Å². The molecule has 2 aromatic heterocycles. The minimum absolute atomic E-state index is 0.0936. The van der Waals surface area contributed by atoms with E-state index in [0.29, 0.717) is 42.4 Å². The highest BCUT2D eigenvalue weighted by Crippen LogP contribution is 2.27. The highest BCUT2D eigenvalue weighted by Gasteiger charge is 2.23. The number of sulfonamides is 1. The third kappa shape index (κ3) is 7.19. The van der Waals surface area contributed by atoms with Gasteiger partial charge in [0.1, 0.15) is 5.69 Å². The number of nitrogens with zero attached hydrogens (tertiary/aromatic N) is 2. The molecule has 3 aromatic rings. The molecule has 0 fully saturated rings. The topological polar surface area (TPSA) is 110 Å². The quantitative estimate of drug-likeness (QED) is 0.351. The molecular weight excluding hydrogens is 486 g/mol. The number of aromatic nitrogens is 2. The summed E-state index contributed by atoms with van der Waals surface area (Å²) in [6.07, 6.45) is 5.17. The van der Waals surface area contributed by atoms with Gasteiger partial charge in [0.2, 0.25) is 5.88 Å². The Labute approximate surface area is 200 Å². The molecule has 2 heterocycles. The van der Waals surface area contributed by atoms with Crippen molar-refractivity contribution in [2.75, 3.05) is 17.9 Å². The minimum atomic E-state index is -4.70. The van der Waals surface area contributed by atoms with Crippen LogP contribution in [0.15, 0.2) is 48.8 Å². The molecule has 0 spiro atoms. The molecule has 1 aromatic carbocycles. The first-order valence-corrected chi connectivity index (χ1v) is 12.9. The van der Waals surface area contributed by atoms with Gasteiger partial charge in [0.05, 0.1) is 28.8 Å². The molecule has 0 atom stereocenters. The van der Waals surface area contributed by atoms with Crippen LogP contribution in [0.2, 0.25) is 0 Å². The lowest BCUT2D eigenvalue weighted by Gasteiger charge is -2.09. The maximum Gasteiger partial charge on any atom is 0.355 e. The molecule has 1 amide bonds. The summed E-state index contributed by atoms with van der Waals surface area (Å²) in [5.41, 5.74) is 1.53. The zero-order valence-electron chi connectivity index (χ0n) is 18.3. The van der Waals surface area contributed by atoms with Crippen molar-refractivity contribution >= 4 is 33.0 Å². The minimum Gasteiger partial charge on any atom is -0.477 e. The summed E-state index contributed by atoms with van der Waals surface area (Å²) in [6.45, 7) is 2.81. The second-order valence-electron chi connectivity index (χ2n) is 7.16. The van der Waals surface area contributed by atoms with E-state index in [4.69, 9.17) is 4.74 Å². The summed E-state index contributed by atoms with van der Waals surface area (Å²) in [5, 5.41) is 2.87. The Morgan fingerprint density at radius 3 is 2.76 bits per heavy atom. The summed E-state index contributed by atoms with van der Waals surface area (Å²) in [7, 11) is -4.70. The second-order valence-corrected chi connectivity index (χ2v) is 9.89. The average Bonchev–Trinajstić information content (AvgIpc) is 3.30. The first kappa shape index (κ1) is 25.5. The van der Waals surface area contributed by atoms with E-state index >= 15 is 0 Å². The van der Waals surface area contributed by atoms with Gasteiger partial charge in [0.15, 0.2) is 0 Å². The summed E-state index contributed by atoms with van der Waals surface area (Å²) >= 11 is 1.31. The standard InChI is InChI=1S/C22H24F2N4O4S2/c1-2-32-20-14-25-13-17(27-20)18-9-10-19(33-18)21(29)26-11-4-3-6-15-7-5-8-16(12-15)28-34(30,31)22(23)24/h5,7-10,12-14,22,28H,2-4,6,11H2,1H3,(H,26,29). The first-order valence-electron chi connectivity index (χ1n) is 10.5. The van der Waals surface area contributed by atoms with Crippen molar-refractivity contribution < 1.29 is 26.7 Å². The molecule has 0 bridgehead atoms. The van der Waals surface area contributed by atoms with E-state index in [1.165, 1.54) is 29.7 Å². The number of hydrogen-bond acceptors (Lipinski definition) is 7. The molecule has 3 rings (SSSR count). The van der Waals surface area contributed by atoms with Gasteiger partial charge in [-0.2, -0.15) is 8.78 Å². The first-order chi connectivity index (χ1) is 16.3. The number of unbranched alkanes of at least 4 members (excludes halogenated alkanes) is 1. The third-order valence-electron chi connectivity index (χ3n) is 4.59. The maximum absolute atomic E-state index is 12.5. The number of anilines is 1. The largest absolute Gasteiger partial charge is 0.477 e. The molecule has 12 heteroatoms. The number of halogens is 2. The molecule has 182 valence electrons. The molecule has 0 aliphatic rings.